The molecule has 3 rings (SSSR count). The molecule has 1 amide bonds. The van der Waals surface area contributed by atoms with E-state index in [-0.39, 0.29) is 0 Å². The highest BCUT2D eigenvalue weighted by molar-refractivity contribution is 5.86. The molecule has 2 N–H and O–H groups in total. The molecule has 1 fully saturated rings. The zero-order valence-electron chi connectivity index (χ0n) is 13.1. The van der Waals surface area contributed by atoms with Crippen LogP contribution in [-0.4, -0.2) is 37.4 Å². The van der Waals surface area contributed by atoms with E-state index in [2.05, 4.69) is 4.90 Å². The van der Waals surface area contributed by atoms with Crippen molar-refractivity contribution in [1.29, 1.82) is 0 Å². The van der Waals surface area contributed by atoms with Crippen molar-refractivity contribution >= 4 is 11.6 Å². The summed E-state index contributed by atoms with van der Waals surface area (Å²) in [6.07, 6.45) is 0. The molecule has 1 saturated heterocycles. The first-order valence-electron chi connectivity index (χ1n) is 7.81. The monoisotopic (exact) mass is 330 g/mol. The minimum atomic E-state index is -0.774. The third-order valence-corrected chi connectivity index (χ3v) is 4.16. The Bertz CT molecular complexity index is 700. The van der Waals surface area contributed by atoms with Crippen LogP contribution in [0.3, 0.4) is 0 Å². The van der Waals surface area contributed by atoms with Gasteiger partial charge in [0.2, 0.25) is 0 Å². The summed E-state index contributed by atoms with van der Waals surface area (Å²) in [5.74, 6) is -1.79. The number of hydrogen-bond donors (Lipinski definition) is 2. The second kappa shape index (κ2) is 7.42. The number of halogens is 1. The number of nitrogens with one attached hydrogen (secondary N) is 1. The van der Waals surface area contributed by atoms with Gasteiger partial charge in [0.1, 0.15) is 5.82 Å². The normalized spacial score (nSPS) is 15.8. The Morgan fingerprint density at radius 2 is 1.83 bits per heavy atom. The highest BCUT2D eigenvalue weighted by Gasteiger charge is 2.23. The summed E-state index contributed by atoms with van der Waals surface area (Å²) >= 11 is 0. The molecular weight excluding hydrogens is 311 g/mol. The van der Waals surface area contributed by atoms with Gasteiger partial charge in [-0.25, -0.2) is 9.87 Å². The third-order valence-electron chi connectivity index (χ3n) is 4.16. The summed E-state index contributed by atoms with van der Waals surface area (Å²) in [7, 11) is 0. The Morgan fingerprint density at radius 1 is 1.12 bits per heavy atom. The van der Waals surface area contributed by atoms with Crippen LogP contribution in [0, 0.1) is 5.82 Å². The lowest BCUT2D eigenvalue weighted by molar-refractivity contribution is -0.129. The van der Waals surface area contributed by atoms with Gasteiger partial charge in [-0.05, 0) is 35.4 Å². The highest BCUT2D eigenvalue weighted by atomic mass is 19.1. The van der Waals surface area contributed by atoms with Crippen LogP contribution in [0.1, 0.15) is 17.0 Å². The zero-order valence-corrected chi connectivity index (χ0v) is 13.1. The van der Waals surface area contributed by atoms with Gasteiger partial charge < -0.3 is 9.64 Å². The molecule has 0 spiro atoms. The molecule has 5 nitrogen and oxygen atoms in total. The summed E-state index contributed by atoms with van der Waals surface area (Å²) in [5, 5.41) is 9.04. The number of rotatable bonds is 4. The minimum Gasteiger partial charge on any atom is -0.378 e. The van der Waals surface area contributed by atoms with Gasteiger partial charge >= 0.3 is 0 Å². The van der Waals surface area contributed by atoms with E-state index in [9.17, 15) is 9.18 Å². The van der Waals surface area contributed by atoms with Crippen LogP contribution >= 0.6 is 0 Å². The lowest BCUT2D eigenvalue weighted by atomic mass is 9.90. The van der Waals surface area contributed by atoms with E-state index in [0.29, 0.717) is 24.3 Å². The Labute approximate surface area is 139 Å². The number of amides is 1. The number of ether oxygens (including phenoxy) is 1. The summed E-state index contributed by atoms with van der Waals surface area (Å²) in [5.41, 5.74) is 3.89. The van der Waals surface area contributed by atoms with Crippen molar-refractivity contribution in [3.05, 3.63) is 65.5 Å². The Kier molecular flexibility index (Phi) is 5.08. The molecule has 0 saturated carbocycles. The number of hydrogen-bond acceptors (Lipinski definition) is 4. The van der Waals surface area contributed by atoms with Gasteiger partial charge in [-0.3, -0.25) is 10.0 Å². The van der Waals surface area contributed by atoms with Gasteiger partial charge in [-0.1, -0.05) is 24.3 Å². The predicted molar refractivity (Wildman–Crippen MR) is 87.6 cm³/mol. The molecule has 1 unspecified atom stereocenters. The van der Waals surface area contributed by atoms with E-state index < -0.39 is 17.6 Å². The summed E-state index contributed by atoms with van der Waals surface area (Å²) in [4.78, 5) is 14.3. The average molecular weight is 330 g/mol. The fourth-order valence-electron chi connectivity index (χ4n) is 2.95. The highest BCUT2D eigenvalue weighted by Crippen LogP contribution is 2.27. The molecule has 1 heterocycles. The van der Waals surface area contributed by atoms with Crippen molar-refractivity contribution in [3.63, 3.8) is 0 Å². The van der Waals surface area contributed by atoms with Crippen LogP contribution in [0.4, 0.5) is 10.1 Å². The lowest BCUT2D eigenvalue weighted by Crippen LogP contribution is -2.36. The van der Waals surface area contributed by atoms with Gasteiger partial charge in [0.05, 0.1) is 19.1 Å². The van der Waals surface area contributed by atoms with E-state index in [4.69, 9.17) is 9.94 Å². The van der Waals surface area contributed by atoms with Crippen LogP contribution in [0.5, 0.6) is 0 Å². The standard InChI is InChI=1S/C18H19FN2O3/c19-15-3-1-2-14(12-15)17(18(22)20-23)13-4-6-16(7-5-13)21-8-10-24-11-9-21/h1-7,12,17,23H,8-11H2,(H,20,22). The molecular formula is C18H19FN2O3. The molecule has 0 aliphatic carbocycles. The van der Waals surface area contributed by atoms with Gasteiger partial charge in [0, 0.05) is 18.8 Å². The first kappa shape index (κ1) is 16.4. The second-order valence-corrected chi connectivity index (χ2v) is 5.66. The molecule has 2 aromatic carbocycles. The molecule has 0 aromatic heterocycles. The maximum Gasteiger partial charge on any atom is 0.255 e. The number of nitrogens with zero attached hydrogens (tertiary/aromatic N) is 1. The maximum atomic E-state index is 13.5. The largest absolute Gasteiger partial charge is 0.378 e. The van der Waals surface area contributed by atoms with E-state index in [1.807, 2.05) is 24.3 Å². The van der Waals surface area contributed by atoms with Gasteiger partial charge in [-0.15, -0.1) is 0 Å². The van der Waals surface area contributed by atoms with E-state index in [1.165, 1.54) is 12.1 Å². The van der Waals surface area contributed by atoms with E-state index in [0.717, 1.165) is 18.8 Å². The fraction of sp³-hybridized carbons (Fsp3) is 0.278. The lowest BCUT2D eigenvalue weighted by Gasteiger charge is -2.29. The van der Waals surface area contributed by atoms with Gasteiger partial charge in [0.25, 0.3) is 5.91 Å². The van der Waals surface area contributed by atoms with Crippen LogP contribution in [0.15, 0.2) is 48.5 Å². The number of benzene rings is 2. The van der Waals surface area contributed by atoms with Crippen molar-refractivity contribution in [2.45, 2.75) is 5.92 Å². The summed E-state index contributed by atoms with van der Waals surface area (Å²) in [6, 6.07) is 13.3. The van der Waals surface area contributed by atoms with Crippen LogP contribution in [0.25, 0.3) is 0 Å². The molecule has 24 heavy (non-hydrogen) atoms. The van der Waals surface area contributed by atoms with Crippen molar-refractivity contribution in [1.82, 2.24) is 5.48 Å². The summed E-state index contributed by atoms with van der Waals surface area (Å²) in [6.45, 7) is 3.04. The molecule has 1 atom stereocenters. The van der Waals surface area contributed by atoms with Crippen LogP contribution in [-0.2, 0) is 9.53 Å². The second-order valence-electron chi connectivity index (χ2n) is 5.66. The maximum absolute atomic E-state index is 13.5. The van der Waals surface area contributed by atoms with Crippen LogP contribution < -0.4 is 10.4 Å². The van der Waals surface area contributed by atoms with Crippen molar-refractivity contribution in [2.24, 2.45) is 0 Å². The zero-order chi connectivity index (χ0) is 16.9. The van der Waals surface area contributed by atoms with Crippen molar-refractivity contribution in [2.75, 3.05) is 31.2 Å². The quantitative estimate of drug-likeness (QED) is 0.667. The third kappa shape index (κ3) is 3.55. The molecule has 6 heteroatoms. The van der Waals surface area contributed by atoms with Crippen molar-refractivity contribution < 1.29 is 19.1 Å². The molecule has 0 bridgehead atoms. The topological polar surface area (TPSA) is 61.8 Å². The minimum absolute atomic E-state index is 0.423. The van der Waals surface area contributed by atoms with Crippen LogP contribution in [0.2, 0.25) is 0 Å². The van der Waals surface area contributed by atoms with Gasteiger partial charge in [0.15, 0.2) is 0 Å². The molecule has 1 aliphatic heterocycles. The number of morpholine rings is 1. The molecule has 0 radical (unpaired) electrons. The first-order chi connectivity index (χ1) is 11.7. The van der Waals surface area contributed by atoms with Gasteiger partial charge in [-0.2, -0.15) is 0 Å². The van der Waals surface area contributed by atoms with E-state index >= 15 is 0 Å². The van der Waals surface area contributed by atoms with Crippen molar-refractivity contribution in [3.8, 4) is 0 Å². The fourth-order valence-corrected chi connectivity index (χ4v) is 2.95. The smallest absolute Gasteiger partial charge is 0.255 e. The summed E-state index contributed by atoms with van der Waals surface area (Å²) < 4.78 is 18.8. The first-order valence-corrected chi connectivity index (χ1v) is 7.81. The molecule has 1 aliphatic rings. The Balaban J connectivity index is 1.89. The number of carbonyl (C=O) groups is 1. The molecule has 126 valence electrons. The number of carbonyl (C=O) groups excluding carboxylic acids is 1. The Hall–Kier alpha value is -2.44. The van der Waals surface area contributed by atoms with E-state index in [1.54, 1.807) is 17.6 Å². The number of hydroxylamine groups is 1. The Morgan fingerprint density at radius 3 is 2.46 bits per heavy atom. The predicted octanol–water partition coefficient (Wildman–Crippen LogP) is 2.30. The SMILES string of the molecule is O=C(NO)C(c1ccc(N2CCOCC2)cc1)c1cccc(F)c1. The average Bonchev–Trinajstić information content (AvgIpc) is 2.63. The molecule has 2 aromatic rings. The number of anilines is 1.